The zero-order valence-corrected chi connectivity index (χ0v) is 15.1. The van der Waals surface area contributed by atoms with E-state index in [1.54, 1.807) is 13.2 Å². The first-order valence-electron chi connectivity index (χ1n) is 8.97. The Morgan fingerprint density at radius 1 is 0.963 bits per heavy atom. The van der Waals surface area contributed by atoms with E-state index in [1.165, 1.54) is 10.8 Å². The summed E-state index contributed by atoms with van der Waals surface area (Å²) in [6.45, 7) is 0.432. The average molecular weight is 359 g/mol. The van der Waals surface area contributed by atoms with Gasteiger partial charge in [0.2, 0.25) is 5.91 Å². The molecule has 0 spiro atoms. The van der Waals surface area contributed by atoms with Crippen LogP contribution in [-0.4, -0.2) is 19.1 Å². The van der Waals surface area contributed by atoms with Gasteiger partial charge in [-0.2, -0.15) is 0 Å². The van der Waals surface area contributed by atoms with Gasteiger partial charge in [0.15, 0.2) is 0 Å². The fourth-order valence-electron chi connectivity index (χ4n) is 3.38. The van der Waals surface area contributed by atoms with E-state index in [0.29, 0.717) is 18.8 Å². The minimum absolute atomic E-state index is 0.110. The van der Waals surface area contributed by atoms with Crippen LogP contribution in [0.15, 0.2) is 78.6 Å². The lowest BCUT2D eigenvalue weighted by molar-refractivity contribution is -0.116. The molecule has 1 aliphatic heterocycles. The lowest BCUT2D eigenvalue weighted by atomic mass is 10.0. The van der Waals surface area contributed by atoms with E-state index in [1.807, 2.05) is 42.5 Å². The molecule has 4 nitrogen and oxygen atoms in total. The van der Waals surface area contributed by atoms with Gasteiger partial charge >= 0.3 is 0 Å². The number of ether oxygens (including phenoxy) is 2. The maximum absolute atomic E-state index is 11.9. The second-order valence-corrected chi connectivity index (χ2v) is 6.59. The van der Waals surface area contributed by atoms with Gasteiger partial charge in [0.25, 0.3) is 0 Å². The maximum atomic E-state index is 11.9. The van der Waals surface area contributed by atoms with Gasteiger partial charge in [-0.1, -0.05) is 54.6 Å². The molecule has 1 N–H and O–H groups in total. The SMILES string of the molecule is COc1ccc(C[C@@H]2NC(=O)C=C2OCc2cccc3ccccc23)cc1. The van der Waals surface area contributed by atoms with E-state index in [2.05, 4.69) is 29.6 Å². The van der Waals surface area contributed by atoms with Gasteiger partial charge in [0.1, 0.15) is 18.1 Å². The Morgan fingerprint density at radius 2 is 1.74 bits per heavy atom. The molecule has 4 heteroatoms. The molecule has 4 rings (SSSR count). The molecule has 0 radical (unpaired) electrons. The van der Waals surface area contributed by atoms with Crippen molar-refractivity contribution in [2.24, 2.45) is 0 Å². The number of hydrogen-bond acceptors (Lipinski definition) is 3. The summed E-state index contributed by atoms with van der Waals surface area (Å²) >= 11 is 0. The predicted octanol–water partition coefficient (Wildman–Crippen LogP) is 3.99. The van der Waals surface area contributed by atoms with Crippen LogP contribution in [0.25, 0.3) is 10.8 Å². The molecule has 0 bridgehead atoms. The third kappa shape index (κ3) is 3.80. The van der Waals surface area contributed by atoms with E-state index in [9.17, 15) is 4.79 Å². The number of amides is 1. The summed E-state index contributed by atoms with van der Waals surface area (Å²) in [4.78, 5) is 11.9. The van der Waals surface area contributed by atoms with E-state index < -0.39 is 0 Å². The van der Waals surface area contributed by atoms with Gasteiger partial charge in [-0.05, 0) is 40.5 Å². The Kier molecular flexibility index (Phi) is 4.79. The second-order valence-electron chi connectivity index (χ2n) is 6.59. The monoisotopic (exact) mass is 359 g/mol. The molecule has 1 atom stereocenters. The summed E-state index contributed by atoms with van der Waals surface area (Å²) in [6, 6.07) is 22.1. The Labute approximate surface area is 158 Å². The second kappa shape index (κ2) is 7.54. The van der Waals surface area contributed by atoms with Crippen molar-refractivity contribution >= 4 is 16.7 Å². The number of carbonyl (C=O) groups excluding carboxylic acids is 1. The van der Waals surface area contributed by atoms with E-state index in [0.717, 1.165) is 16.9 Å². The van der Waals surface area contributed by atoms with Gasteiger partial charge < -0.3 is 14.8 Å². The van der Waals surface area contributed by atoms with Crippen LogP contribution in [0.4, 0.5) is 0 Å². The first-order chi connectivity index (χ1) is 13.2. The Bertz CT molecular complexity index is 987. The number of rotatable bonds is 6. The summed E-state index contributed by atoms with van der Waals surface area (Å²) in [7, 11) is 1.65. The van der Waals surface area contributed by atoms with E-state index in [4.69, 9.17) is 9.47 Å². The van der Waals surface area contributed by atoms with Gasteiger partial charge in [0.05, 0.1) is 13.2 Å². The van der Waals surface area contributed by atoms with Crippen molar-refractivity contribution in [3.8, 4) is 5.75 Å². The highest BCUT2D eigenvalue weighted by Gasteiger charge is 2.25. The van der Waals surface area contributed by atoms with Crippen LogP contribution in [0.5, 0.6) is 5.75 Å². The minimum atomic E-state index is -0.152. The van der Waals surface area contributed by atoms with Crippen molar-refractivity contribution in [3.63, 3.8) is 0 Å². The molecule has 136 valence electrons. The third-order valence-electron chi connectivity index (χ3n) is 4.81. The molecule has 1 heterocycles. The summed E-state index contributed by atoms with van der Waals surface area (Å²) in [5.74, 6) is 1.39. The number of hydrogen-bond donors (Lipinski definition) is 1. The zero-order chi connectivity index (χ0) is 18.6. The maximum Gasteiger partial charge on any atom is 0.248 e. The molecule has 3 aromatic rings. The highest BCUT2D eigenvalue weighted by molar-refractivity contribution is 5.91. The normalized spacial score (nSPS) is 16.1. The molecule has 0 saturated heterocycles. The minimum Gasteiger partial charge on any atom is -0.497 e. The van der Waals surface area contributed by atoms with Crippen LogP contribution < -0.4 is 10.1 Å². The Balaban J connectivity index is 1.47. The summed E-state index contributed by atoms with van der Waals surface area (Å²) in [5.41, 5.74) is 2.22. The van der Waals surface area contributed by atoms with E-state index in [-0.39, 0.29) is 11.9 Å². The molecule has 3 aromatic carbocycles. The molecular weight excluding hydrogens is 338 g/mol. The first-order valence-corrected chi connectivity index (χ1v) is 8.97. The van der Waals surface area contributed by atoms with Crippen LogP contribution >= 0.6 is 0 Å². The van der Waals surface area contributed by atoms with Crippen molar-refractivity contribution in [1.29, 1.82) is 0 Å². The lowest BCUT2D eigenvalue weighted by Crippen LogP contribution is -2.31. The van der Waals surface area contributed by atoms with Gasteiger partial charge in [-0.15, -0.1) is 0 Å². The summed E-state index contributed by atoms with van der Waals surface area (Å²) in [5, 5.41) is 5.32. The molecule has 27 heavy (non-hydrogen) atoms. The number of fused-ring (bicyclic) bond motifs is 1. The summed E-state index contributed by atoms with van der Waals surface area (Å²) in [6.07, 6.45) is 2.23. The topological polar surface area (TPSA) is 47.6 Å². The molecule has 1 amide bonds. The molecule has 0 unspecified atom stereocenters. The average Bonchev–Trinajstić information content (AvgIpc) is 3.06. The third-order valence-corrected chi connectivity index (χ3v) is 4.81. The summed E-state index contributed by atoms with van der Waals surface area (Å²) < 4.78 is 11.2. The molecule has 0 saturated carbocycles. The van der Waals surface area contributed by atoms with E-state index >= 15 is 0 Å². The van der Waals surface area contributed by atoms with Gasteiger partial charge in [-0.3, -0.25) is 4.79 Å². The van der Waals surface area contributed by atoms with Crippen LogP contribution in [0.3, 0.4) is 0 Å². The number of benzene rings is 3. The standard InChI is InChI=1S/C23H21NO3/c1-26-19-11-9-16(10-12-19)13-21-22(14-23(25)24-21)27-15-18-7-4-6-17-5-2-3-8-20(17)18/h2-12,14,21H,13,15H2,1H3,(H,24,25)/t21-/m0/s1. The van der Waals surface area contributed by atoms with Crippen LogP contribution in [0.1, 0.15) is 11.1 Å². The highest BCUT2D eigenvalue weighted by atomic mass is 16.5. The van der Waals surface area contributed by atoms with Crippen molar-refractivity contribution in [2.45, 2.75) is 19.1 Å². The largest absolute Gasteiger partial charge is 0.497 e. The lowest BCUT2D eigenvalue weighted by Gasteiger charge is -2.17. The predicted molar refractivity (Wildman–Crippen MR) is 105 cm³/mol. The molecule has 1 aliphatic rings. The van der Waals surface area contributed by atoms with Crippen molar-refractivity contribution in [1.82, 2.24) is 5.32 Å². The molecular formula is C23H21NO3. The van der Waals surface area contributed by atoms with Crippen LogP contribution in [0, 0.1) is 0 Å². The van der Waals surface area contributed by atoms with Crippen LogP contribution in [-0.2, 0) is 22.6 Å². The zero-order valence-electron chi connectivity index (χ0n) is 15.1. The van der Waals surface area contributed by atoms with Crippen molar-refractivity contribution in [3.05, 3.63) is 89.7 Å². The number of nitrogens with one attached hydrogen (secondary N) is 1. The van der Waals surface area contributed by atoms with Gasteiger partial charge in [0, 0.05) is 6.08 Å². The van der Waals surface area contributed by atoms with Gasteiger partial charge in [-0.25, -0.2) is 0 Å². The van der Waals surface area contributed by atoms with Crippen LogP contribution in [0.2, 0.25) is 0 Å². The smallest absolute Gasteiger partial charge is 0.248 e. The number of methoxy groups -OCH3 is 1. The molecule has 0 fully saturated rings. The Hall–Kier alpha value is -3.27. The molecule has 0 aliphatic carbocycles. The quantitative estimate of drug-likeness (QED) is 0.724. The van der Waals surface area contributed by atoms with Crippen molar-refractivity contribution < 1.29 is 14.3 Å². The molecule has 0 aromatic heterocycles. The van der Waals surface area contributed by atoms with Crippen molar-refractivity contribution in [2.75, 3.05) is 7.11 Å². The fraction of sp³-hybridized carbons (Fsp3) is 0.174. The Morgan fingerprint density at radius 3 is 2.56 bits per heavy atom. The fourth-order valence-corrected chi connectivity index (χ4v) is 3.38. The number of carbonyl (C=O) groups is 1. The first kappa shape index (κ1) is 17.2. The highest BCUT2D eigenvalue weighted by Crippen LogP contribution is 2.23.